The Morgan fingerprint density at radius 3 is 2.47 bits per heavy atom. The second kappa shape index (κ2) is 6.01. The van der Waals surface area contributed by atoms with Gasteiger partial charge >= 0.3 is 12.1 Å². The molecule has 0 bridgehead atoms. The van der Waals surface area contributed by atoms with Gasteiger partial charge in [-0.25, -0.2) is 9.18 Å². The van der Waals surface area contributed by atoms with Gasteiger partial charge in [0.25, 0.3) is 0 Å². The van der Waals surface area contributed by atoms with Crippen LogP contribution in [0, 0.1) is 5.82 Å². The Morgan fingerprint density at radius 2 is 2.00 bits per heavy atom. The van der Waals surface area contributed by atoms with Crippen LogP contribution in [0.2, 0.25) is 0 Å². The minimum absolute atomic E-state index is 0.0818. The van der Waals surface area contributed by atoms with E-state index in [0.717, 1.165) is 12.1 Å². The van der Waals surface area contributed by atoms with E-state index in [1.807, 2.05) is 0 Å². The van der Waals surface area contributed by atoms with Gasteiger partial charge in [0.05, 0.1) is 12.2 Å². The number of hydrogen-bond acceptors (Lipinski definition) is 3. The molecule has 0 aliphatic heterocycles. The van der Waals surface area contributed by atoms with Crippen LogP contribution in [0.3, 0.4) is 0 Å². The molecule has 1 unspecified atom stereocenters. The zero-order chi connectivity index (χ0) is 14.6. The maximum atomic E-state index is 13.2. The Bertz CT molecular complexity index is 460. The van der Waals surface area contributed by atoms with Crippen LogP contribution in [-0.2, 0) is 15.7 Å². The fraction of sp³-hybridized carbons (Fsp3) is 0.417. The second-order valence-corrected chi connectivity index (χ2v) is 3.74. The molecule has 7 heteroatoms. The number of likely N-dealkylation sites (N-methyl/N-ethyl adjacent to an activating group) is 1. The lowest BCUT2D eigenvalue weighted by molar-refractivity contribution is -0.146. The number of carbonyl (C=O) groups excluding carboxylic acids is 1. The molecule has 0 saturated carbocycles. The SMILES string of the molecule is CCOC(=O)C(NC)c1cc(F)cc(C(F)(F)F)c1. The van der Waals surface area contributed by atoms with E-state index in [2.05, 4.69) is 5.32 Å². The van der Waals surface area contributed by atoms with E-state index in [-0.39, 0.29) is 12.2 Å². The van der Waals surface area contributed by atoms with E-state index in [1.54, 1.807) is 6.92 Å². The van der Waals surface area contributed by atoms with Gasteiger partial charge in [-0.1, -0.05) is 0 Å². The smallest absolute Gasteiger partial charge is 0.416 e. The monoisotopic (exact) mass is 279 g/mol. The third kappa shape index (κ3) is 3.92. The van der Waals surface area contributed by atoms with Crippen LogP contribution in [0.1, 0.15) is 24.1 Å². The highest BCUT2D eigenvalue weighted by atomic mass is 19.4. The summed E-state index contributed by atoms with van der Waals surface area (Å²) in [6, 6.07) is 0.826. The van der Waals surface area contributed by atoms with Crippen molar-refractivity contribution in [3.8, 4) is 0 Å². The first-order chi connectivity index (χ1) is 8.79. The molecule has 0 aliphatic rings. The Kier molecular flexibility index (Phi) is 4.88. The third-order valence-corrected chi connectivity index (χ3v) is 2.39. The van der Waals surface area contributed by atoms with Gasteiger partial charge in [0.15, 0.2) is 0 Å². The summed E-state index contributed by atoms with van der Waals surface area (Å²) in [4.78, 5) is 11.6. The van der Waals surface area contributed by atoms with Gasteiger partial charge in [0.2, 0.25) is 0 Å². The molecule has 1 aromatic carbocycles. The fourth-order valence-electron chi connectivity index (χ4n) is 1.59. The lowest BCUT2D eigenvalue weighted by Gasteiger charge is -2.17. The molecule has 1 aromatic rings. The Hall–Kier alpha value is -1.63. The first-order valence-corrected chi connectivity index (χ1v) is 5.51. The molecule has 3 nitrogen and oxygen atoms in total. The van der Waals surface area contributed by atoms with Crippen molar-refractivity contribution in [1.82, 2.24) is 5.32 Å². The lowest BCUT2D eigenvalue weighted by Crippen LogP contribution is -2.27. The van der Waals surface area contributed by atoms with Gasteiger partial charge in [-0.15, -0.1) is 0 Å². The number of ether oxygens (including phenoxy) is 1. The molecule has 0 aliphatic carbocycles. The first kappa shape index (κ1) is 15.4. The van der Waals surface area contributed by atoms with Crippen molar-refractivity contribution in [3.05, 3.63) is 35.1 Å². The molecule has 0 spiro atoms. The van der Waals surface area contributed by atoms with Gasteiger partial charge < -0.3 is 10.1 Å². The van der Waals surface area contributed by atoms with Crippen LogP contribution in [0.25, 0.3) is 0 Å². The second-order valence-electron chi connectivity index (χ2n) is 3.74. The summed E-state index contributed by atoms with van der Waals surface area (Å²) >= 11 is 0. The van der Waals surface area contributed by atoms with Crippen molar-refractivity contribution < 1.29 is 27.1 Å². The average molecular weight is 279 g/mol. The number of benzene rings is 1. The summed E-state index contributed by atoms with van der Waals surface area (Å²) in [5, 5.41) is 2.50. The van der Waals surface area contributed by atoms with Gasteiger partial charge in [0.1, 0.15) is 11.9 Å². The maximum Gasteiger partial charge on any atom is 0.416 e. The Labute approximate surface area is 107 Å². The standard InChI is InChI=1S/C12H13F4NO2/c1-3-19-11(18)10(17-2)7-4-8(12(14,15)16)6-9(13)5-7/h4-6,10,17H,3H2,1-2H3. The number of hydrogen-bond donors (Lipinski definition) is 1. The number of rotatable bonds is 4. The van der Waals surface area contributed by atoms with Crippen LogP contribution in [-0.4, -0.2) is 19.6 Å². The molecular weight excluding hydrogens is 266 g/mol. The normalized spacial score (nSPS) is 13.2. The van der Waals surface area contributed by atoms with Gasteiger partial charge in [-0.2, -0.15) is 13.2 Å². The Balaban J connectivity index is 3.18. The summed E-state index contributed by atoms with van der Waals surface area (Å²) in [6.45, 7) is 1.65. The quantitative estimate of drug-likeness (QED) is 0.680. The summed E-state index contributed by atoms with van der Waals surface area (Å²) in [6.07, 6.45) is -4.68. The van der Waals surface area contributed by atoms with E-state index in [0.29, 0.717) is 6.07 Å². The van der Waals surface area contributed by atoms with Crippen molar-refractivity contribution in [3.63, 3.8) is 0 Å². The maximum absolute atomic E-state index is 13.2. The molecule has 0 aromatic heterocycles. The Morgan fingerprint density at radius 1 is 1.37 bits per heavy atom. The van der Waals surface area contributed by atoms with Crippen molar-refractivity contribution in [2.75, 3.05) is 13.7 Å². The zero-order valence-electron chi connectivity index (χ0n) is 10.3. The minimum Gasteiger partial charge on any atom is -0.465 e. The molecule has 0 fully saturated rings. The molecule has 106 valence electrons. The third-order valence-electron chi connectivity index (χ3n) is 2.39. The van der Waals surface area contributed by atoms with Crippen molar-refractivity contribution in [1.29, 1.82) is 0 Å². The van der Waals surface area contributed by atoms with Crippen molar-refractivity contribution in [2.24, 2.45) is 0 Å². The molecule has 1 N–H and O–H groups in total. The number of esters is 1. The lowest BCUT2D eigenvalue weighted by atomic mass is 10.0. The van der Waals surface area contributed by atoms with Gasteiger partial charge in [-0.3, -0.25) is 0 Å². The molecule has 19 heavy (non-hydrogen) atoms. The number of nitrogens with one attached hydrogen (secondary N) is 1. The fourth-order valence-corrected chi connectivity index (χ4v) is 1.59. The summed E-state index contributed by atoms with van der Waals surface area (Å²) < 4.78 is 55.6. The average Bonchev–Trinajstić information content (AvgIpc) is 2.28. The number of alkyl halides is 3. The summed E-state index contributed by atoms with van der Waals surface area (Å²) in [7, 11) is 1.37. The highest BCUT2D eigenvalue weighted by Gasteiger charge is 2.33. The van der Waals surface area contributed by atoms with E-state index in [1.165, 1.54) is 7.05 Å². The van der Waals surface area contributed by atoms with Gasteiger partial charge in [0, 0.05) is 0 Å². The molecular formula is C12H13F4NO2. The first-order valence-electron chi connectivity index (χ1n) is 5.51. The number of halogens is 4. The molecule has 0 heterocycles. The van der Waals surface area contributed by atoms with Crippen LogP contribution in [0.5, 0.6) is 0 Å². The van der Waals surface area contributed by atoms with Crippen LogP contribution in [0.4, 0.5) is 17.6 Å². The topological polar surface area (TPSA) is 38.3 Å². The van der Waals surface area contributed by atoms with Gasteiger partial charge in [-0.05, 0) is 37.7 Å². The number of carbonyl (C=O) groups is 1. The summed E-state index contributed by atoms with van der Waals surface area (Å²) in [5.74, 6) is -1.82. The molecule has 0 radical (unpaired) electrons. The van der Waals surface area contributed by atoms with Crippen LogP contribution >= 0.6 is 0 Å². The molecule has 1 atom stereocenters. The van der Waals surface area contributed by atoms with Crippen LogP contribution < -0.4 is 5.32 Å². The summed E-state index contributed by atoms with van der Waals surface area (Å²) in [5.41, 5.74) is -1.28. The van der Waals surface area contributed by atoms with E-state index >= 15 is 0 Å². The van der Waals surface area contributed by atoms with Crippen molar-refractivity contribution in [2.45, 2.75) is 19.1 Å². The van der Waals surface area contributed by atoms with E-state index in [4.69, 9.17) is 4.74 Å². The van der Waals surface area contributed by atoms with E-state index in [9.17, 15) is 22.4 Å². The molecule has 1 rings (SSSR count). The predicted octanol–water partition coefficient (Wildman–Crippen LogP) is 2.67. The molecule has 0 amide bonds. The predicted molar refractivity (Wildman–Crippen MR) is 59.8 cm³/mol. The van der Waals surface area contributed by atoms with Crippen molar-refractivity contribution >= 4 is 5.97 Å². The van der Waals surface area contributed by atoms with E-state index < -0.39 is 29.6 Å². The minimum atomic E-state index is -4.68. The van der Waals surface area contributed by atoms with Crippen LogP contribution in [0.15, 0.2) is 18.2 Å². The highest BCUT2D eigenvalue weighted by molar-refractivity contribution is 5.77. The molecule has 0 saturated heterocycles. The zero-order valence-corrected chi connectivity index (χ0v) is 10.3. The highest BCUT2D eigenvalue weighted by Crippen LogP contribution is 2.31. The largest absolute Gasteiger partial charge is 0.465 e.